The van der Waals surface area contributed by atoms with Gasteiger partial charge in [0, 0.05) is 35.7 Å². The molecule has 0 bridgehead atoms. The van der Waals surface area contributed by atoms with Crippen LogP contribution in [0.25, 0.3) is 50.4 Å². The average molecular weight is 406 g/mol. The van der Waals surface area contributed by atoms with E-state index in [1.165, 1.54) is 0 Å². The summed E-state index contributed by atoms with van der Waals surface area (Å²) in [4.78, 5) is 21.5. The van der Waals surface area contributed by atoms with Crippen molar-refractivity contribution in [1.82, 2.24) is 39.7 Å². The number of hydrogen-bond donors (Lipinski definition) is 2. The number of pyridine rings is 3. The number of fused-ring (bicyclic) bond motifs is 2. The molecule has 0 aromatic carbocycles. The van der Waals surface area contributed by atoms with Crippen LogP contribution in [-0.2, 0) is 0 Å². The van der Waals surface area contributed by atoms with Gasteiger partial charge in [-0.1, -0.05) is 0 Å². The van der Waals surface area contributed by atoms with Crippen LogP contribution in [0.3, 0.4) is 0 Å². The van der Waals surface area contributed by atoms with Gasteiger partial charge in [0.25, 0.3) is 0 Å². The molecular weight excluding hydrogens is 388 g/mol. The summed E-state index contributed by atoms with van der Waals surface area (Å²) in [5.41, 5.74) is 8.24. The Balaban J connectivity index is 1.52. The quantitative estimate of drug-likeness (QED) is 0.455. The zero-order valence-corrected chi connectivity index (χ0v) is 17.0. The van der Waals surface area contributed by atoms with E-state index in [1.807, 2.05) is 48.1 Å². The van der Waals surface area contributed by atoms with Crippen LogP contribution in [0.15, 0.2) is 61.4 Å². The van der Waals surface area contributed by atoms with Crippen LogP contribution in [0.4, 0.5) is 0 Å². The number of hydrogen-bond acceptors (Lipinski definition) is 5. The highest BCUT2D eigenvalue weighted by molar-refractivity contribution is 5.96. The topological polar surface area (TPSA) is 101 Å². The van der Waals surface area contributed by atoms with Gasteiger partial charge in [0.1, 0.15) is 23.4 Å². The van der Waals surface area contributed by atoms with Crippen LogP contribution in [-0.4, -0.2) is 39.7 Å². The van der Waals surface area contributed by atoms with E-state index in [-0.39, 0.29) is 0 Å². The number of H-pyrrole nitrogens is 2. The van der Waals surface area contributed by atoms with Crippen LogP contribution in [0.5, 0.6) is 0 Å². The minimum Gasteiger partial charge on any atom is -0.353 e. The van der Waals surface area contributed by atoms with E-state index >= 15 is 0 Å². The van der Waals surface area contributed by atoms with Gasteiger partial charge in [-0.2, -0.15) is 5.10 Å². The molecule has 8 heteroatoms. The van der Waals surface area contributed by atoms with Crippen LogP contribution < -0.4 is 0 Å². The maximum Gasteiger partial charge on any atom is 0.147 e. The molecule has 0 saturated heterocycles. The Labute approximate surface area is 177 Å². The number of nitrogens with one attached hydrogen (secondary N) is 2. The van der Waals surface area contributed by atoms with Gasteiger partial charge in [0.2, 0.25) is 0 Å². The van der Waals surface area contributed by atoms with Crippen LogP contribution in [0, 0.1) is 13.8 Å². The molecule has 6 rings (SSSR count). The molecule has 0 radical (unpaired) electrons. The molecule has 31 heavy (non-hydrogen) atoms. The van der Waals surface area contributed by atoms with Crippen molar-refractivity contribution in [1.29, 1.82) is 0 Å². The maximum atomic E-state index is 4.91. The fraction of sp³-hybridized carbons (Fsp3) is 0.0870. The molecule has 0 unspecified atom stereocenters. The summed E-state index contributed by atoms with van der Waals surface area (Å²) >= 11 is 0. The number of aromatic nitrogens is 8. The fourth-order valence-corrected chi connectivity index (χ4v) is 3.88. The summed E-state index contributed by atoms with van der Waals surface area (Å²) in [5.74, 6) is 0.820. The zero-order chi connectivity index (χ0) is 20.9. The molecule has 6 heterocycles. The van der Waals surface area contributed by atoms with Crippen molar-refractivity contribution in [3.63, 3.8) is 0 Å². The first-order valence-electron chi connectivity index (χ1n) is 9.92. The zero-order valence-electron chi connectivity index (χ0n) is 17.0. The lowest BCUT2D eigenvalue weighted by molar-refractivity contribution is 1.01. The Morgan fingerprint density at radius 1 is 0.968 bits per heavy atom. The molecule has 2 N–H and O–H groups in total. The highest BCUT2D eigenvalue weighted by Crippen LogP contribution is 2.31. The average Bonchev–Trinajstić information content (AvgIpc) is 3.50. The van der Waals surface area contributed by atoms with Crippen molar-refractivity contribution >= 4 is 21.9 Å². The Bertz CT molecular complexity index is 1570. The van der Waals surface area contributed by atoms with E-state index in [0.717, 1.165) is 61.7 Å². The fourth-order valence-electron chi connectivity index (χ4n) is 3.88. The number of imidazole rings is 1. The summed E-state index contributed by atoms with van der Waals surface area (Å²) in [7, 11) is 0. The van der Waals surface area contributed by atoms with Crippen molar-refractivity contribution in [2.24, 2.45) is 0 Å². The molecule has 0 spiro atoms. The van der Waals surface area contributed by atoms with Gasteiger partial charge in [-0.25, -0.2) is 15.0 Å². The standard InChI is InChI=1S/C23H18N8/c1-13-5-7-24-10-16(13)17-3-4-19-21(28-17)22(30-29-19)20-9-15-18(27-20)6-8-25-23(15)31-11-14(2)26-12-31/h3-12,27H,1-2H3,(H,29,30). The lowest BCUT2D eigenvalue weighted by Gasteiger charge is -2.04. The molecule has 0 aliphatic heterocycles. The second-order valence-corrected chi connectivity index (χ2v) is 7.56. The van der Waals surface area contributed by atoms with Crippen molar-refractivity contribution in [3.05, 3.63) is 72.7 Å². The lowest BCUT2D eigenvalue weighted by atomic mass is 10.1. The third-order valence-corrected chi connectivity index (χ3v) is 5.46. The first-order chi connectivity index (χ1) is 15.2. The largest absolute Gasteiger partial charge is 0.353 e. The van der Waals surface area contributed by atoms with Crippen molar-refractivity contribution in [2.75, 3.05) is 0 Å². The van der Waals surface area contributed by atoms with Gasteiger partial charge in [-0.3, -0.25) is 14.6 Å². The first-order valence-corrected chi connectivity index (χ1v) is 9.92. The highest BCUT2D eigenvalue weighted by Gasteiger charge is 2.16. The van der Waals surface area contributed by atoms with Gasteiger partial charge in [-0.15, -0.1) is 0 Å². The normalized spacial score (nSPS) is 11.5. The summed E-state index contributed by atoms with van der Waals surface area (Å²) in [6.45, 7) is 4.02. The van der Waals surface area contributed by atoms with Gasteiger partial charge in [0.05, 0.1) is 28.1 Å². The number of rotatable bonds is 3. The summed E-state index contributed by atoms with van der Waals surface area (Å²) in [5, 5.41) is 8.64. The van der Waals surface area contributed by atoms with Crippen LogP contribution >= 0.6 is 0 Å². The van der Waals surface area contributed by atoms with E-state index in [2.05, 4.69) is 43.1 Å². The van der Waals surface area contributed by atoms with Crippen LogP contribution in [0.1, 0.15) is 11.3 Å². The first kappa shape index (κ1) is 17.5. The molecule has 8 nitrogen and oxygen atoms in total. The SMILES string of the molecule is Cc1cn(-c2nccc3[nH]c(-c4n[nH]c5ccc(-c6cnccc6C)nc45)cc23)cn1. The molecule has 0 atom stereocenters. The van der Waals surface area contributed by atoms with Crippen molar-refractivity contribution < 1.29 is 0 Å². The predicted octanol–water partition coefficient (Wildman–Crippen LogP) is 4.37. The molecule has 6 aromatic rings. The van der Waals surface area contributed by atoms with E-state index < -0.39 is 0 Å². The van der Waals surface area contributed by atoms with E-state index in [1.54, 1.807) is 18.7 Å². The highest BCUT2D eigenvalue weighted by atomic mass is 15.1. The summed E-state index contributed by atoms with van der Waals surface area (Å²) in [6.07, 6.45) is 9.16. The van der Waals surface area contributed by atoms with Crippen molar-refractivity contribution in [3.8, 4) is 28.5 Å². The minimum absolute atomic E-state index is 0.766. The number of aryl methyl sites for hydroxylation is 2. The molecule has 0 aliphatic rings. The number of nitrogens with zero attached hydrogens (tertiary/aromatic N) is 6. The van der Waals surface area contributed by atoms with Crippen LogP contribution in [0.2, 0.25) is 0 Å². The Morgan fingerprint density at radius 2 is 1.90 bits per heavy atom. The van der Waals surface area contributed by atoms with Gasteiger partial charge < -0.3 is 4.98 Å². The molecule has 6 aromatic heterocycles. The molecule has 0 saturated carbocycles. The monoisotopic (exact) mass is 406 g/mol. The Morgan fingerprint density at radius 3 is 2.74 bits per heavy atom. The maximum absolute atomic E-state index is 4.91. The second kappa shape index (κ2) is 6.60. The van der Waals surface area contributed by atoms with E-state index in [4.69, 9.17) is 4.98 Å². The van der Waals surface area contributed by atoms with Crippen molar-refractivity contribution in [2.45, 2.75) is 13.8 Å². The van der Waals surface area contributed by atoms with Gasteiger partial charge in [-0.05, 0) is 49.7 Å². The van der Waals surface area contributed by atoms with E-state index in [9.17, 15) is 0 Å². The minimum atomic E-state index is 0.766. The summed E-state index contributed by atoms with van der Waals surface area (Å²) in [6, 6.07) is 10.0. The molecule has 0 aliphatic carbocycles. The molecule has 150 valence electrons. The third kappa shape index (κ3) is 2.80. The molecule has 0 fully saturated rings. The lowest BCUT2D eigenvalue weighted by Crippen LogP contribution is -1.94. The molecule has 0 amide bonds. The van der Waals surface area contributed by atoms with Gasteiger partial charge in [0.15, 0.2) is 0 Å². The second-order valence-electron chi connectivity index (χ2n) is 7.56. The van der Waals surface area contributed by atoms with Gasteiger partial charge >= 0.3 is 0 Å². The smallest absolute Gasteiger partial charge is 0.147 e. The Hall–Kier alpha value is -4.33. The third-order valence-electron chi connectivity index (χ3n) is 5.46. The summed E-state index contributed by atoms with van der Waals surface area (Å²) < 4.78 is 1.93. The predicted molar refractivity (Wildman–Crippen MR) is 119 cm³/mol. The van der Waals surface area contributed by atoms with E-state index in [0.29, 0.717) is 0 Å². The number of aromatic amines is 2. The Kier molecular flexibility index (Phi) is 3.73. The molecular formula is C23H18N8.